The molecular weight excluding hydrogens is 537 g/mol. The minimum atomic E-state index is 0. The number of halogens is 2. The van der Waals surface area contributed by atoms with Gasteiger partial charge in [0.15, 0.2) is 0 Å². The van der Waals surface area contributed by atoms with Gasteiger partial charge in [-0.2, -0.15) is 0 Å². The van der Waals surface area contributed by atoms with E-state index in [0.29, 0.717) is 0 Å². The number of unbranched alkanes of at least 4 members (excludes halogenated alkanes) is 14. The SMILES string of the molecule is C#CC[N+](CCCCCCCCCC)(CCCCCCCCCC)CC1(I)C=CC=CC1.[Cl-]. The molecule has 1 aliphatic carbocycles. The fourth-order valence-electron chi connectivity index (χ4n) is 5.15. The first-order chi connectivity index (χ1) is 15.6. The third-order valence-electron chi connectivity index (χ3n) is 7.10. The standard InChI is InChI=1S/C30H53IN.ClH/c1-4-7-9-11-13-15-17-22-27-32(26-6-3,29-30(31)24-20-19-21-25-30)28-23-18-16-14-12-10-8-5-2;/h3,19-21,24H,4-5,7-18,22-23,25-29H2,1-2H3;1H/q+1;/p-1. The van der Waals surface area contributed by atoms with E-state index in [1.165, 1.54) is 122 Å². The minimum absolute atomic E-state index is 0. The summed E-state index contributed by atoms with van der Waals surface area (Å²) >= 11 is 2.71. The number of nitrogens with zero attached hydrogens (tertiary/aromatic N) is 1. The second-order valence-electron chi connectivity index (χ2n) is 10.3. The molecule has 0 aromatic heterocycles. The van der Waals surface area contributed by atoms with Gasteiger partial charge in [-0.1, -0.05) is 138 Å². The van der Waals surface area contributed by atoms with E-state index in [9.17, 15) is 0 Å². The first-order valence-electron chi connectivity index (χ1n) is 13.9. The van der Waals surface area contributed by atoms with Crippen LogP contribution in [0.5, 0.6) is 0 Å². The number of rotatable bonds is 21. The van der Waals surface area contributed by atoms with Crippen LogP contribution < -0.4 is 12.4 Å². The number of alkyl halides is 1. The lowest BCUT2D eigenvalue weighted by Gasteiger charge is -2.42. The van der Waals surface area contributed by atoms with Crippen molar-refractivity contribution in [3.63, 3.8) is 0 Å². The Kier molecular flexibility index (Phi) is 21.3. The lowest BCUT2D eigenvalue weighted by molar-refractivity contribution is -0.922. The molecule has 0 radical (unpaired) electrons. The molecule has 33 heavy (non-hydrogen) atoms. The van der Waals surface area contributed by atoms with E-state index >= 15 is 0 Å². The van der Waals surface area contributed by atoms with Crippen molar-refractivity contribution in [3.05, 3.63) is 24.3 Å². The van der Waals surface area contributed by atoms with Crippen molar-refractivity contribution < 1.29 is 16.9 Å². The molecule has 0 bridgehead atoms. The largest absolute Gasteiger partial charge is 1.00 e. The van der Waals surface area contributed by atoms with Crippen LogP contribution in [0.25, 0.3) is 0 Å². The van der Waals surface area contributed by atoms with Gasteiger partial charge < -0.3 is 16.9 Å². The topological polar surface area (TPSA) is 0 Å². The van der Waals surface area contributed by atoms with Crippen LogP contribution in [0.15, 0.2) is 24.3 Å². The molecule has 3 heteroatoms. The summed E-state index contributed by atoms with van der Waals surface area (Å²) in [5, 5.41) is 0. The highest BCUT2D eigenvalue weighted by Gasteiger charge is 2.36. The molecule has 0 saturated heterocycles. The number of terminal acetylenes is 1. The van der Waals surface area contributed by atoms with Crippen LogP contribution in [0.1, 0.15) is 123 Å². The molecule has 0 aliphatic heterocycles. The molecule has 0 aromatic carbocycles. The summed E-state index contributed by atoms with van der Waals surface area (Å²) in [4.78, 5) is 0. The average Bonchev–Trinajstić information content (AvgIpc) is 2.78. The van der Waals surface area contributed by atoms with Crippen molar-refractivity contribution in [2.75, 3.05) is 26.2 Å². The maximum atomic E-state index is 5.96. The van der Waals surface area contributed by atoms with E-state index in [-0.39, 0.29) is 15.8 Å². The average molecular weight is 590 g/mol. The van der Waals surface area contributed by atoms with Gasteiger partial charge in [0.2, 0.25) is 0 Å². The number of hydrogen-bond acceptors (Lipinski definition) is 0. The summed E-state index contributed by atoms with van der Waals surface area (Å²) in [7, 11) is 0. The van der Waals surface area contributed by atoms with E-state index in [1.54, 1.807) is 0 Å². The third kappa shape index (κ3) is 16.3. The lowest BCUT2D eigenvalue weighted by atomic mass is 9.97. The smallest absolute Gasteiger partial charge is 0.140 e. The Balaban J connectivity index is 0.0000102. The van der Waals surface area contributed by atoms with E-state index < -0.39 is 0 Å². The Morgan fingerprint density at radius 2 is 1.21 bits per heavy atom. The highest BCUT2D eigenvalue weighted by molar-refractivity contribution is 14.1. The van der Waals surface area contributed by atoms with Gasteiger partial charge in [0.1, 0.15) is 6.54 Å². The van der Waals surface area contributed by atoms with E-state index in [1.807, 2.05) is 0 Å². The predicted molar refractivity (Wildman–Crippen MR) is 153 cm³/mol. The zero-order valence-electron chi connectivity index (χ0n) is 21.9. The first kappa shape index (κ1) is 33.0. The van der Waals surface area contributed by atoms with Gasteiger partial charge in [0, 0.05) is 0 Å². The molecule has 0 heterocycles. The monoisotopic (exact) mass is 589 g/mol. The summed E-state index contributed by atoms with van der Waals surface area (Å²) in [6.45, 7) is 9.20. The molecule has 0 spiro atoms. The van der Waals surface area contributed by atoms with Gasteiger partial charge in [-0.05, 0) is 38.0 Å². The van der Waals surface area contributed by atoms with Gasteiger partial charge in [-0.15, -0.1) is 6.42 Å². The highest BCUT2D eigenvalue weighted by atomic mass is 127. The molecule has 0 N–H and O–H groups in total. The van der Waals surface area contributed by atoms with E-state index in [4.69, 9.17) is 6.42 Å². The first-order valence-corrected chi connectivity index (χ1v) is 15.0. The highest BCUT2D eigenvalue weighted by Crippen LogP contribution is 2.33. The quantitative estimate of drug-likeness (QED) is 0.0477. The molecule has 0 saturated carbocycles. The van der Waals surface area contributed by atoms with Crippen LogP contribution in [0.3, 0.4) is 0 Å². The van der Waals surface area contributed by atoms with Crippen molar-refractivity contribution in [1.82, 2.24) is 0 Å². The van der Waals surface area contributed by atoms with E-state index in [2.05, 4.69) is 66.7 Å². The Morgan fingerprint density at radius 1 is 0.758 bits per heavy atom. The van der Waals surface area contributed by atoms with Gasteiger partial charge in [-0.3, -0.25) is 0 Å². The van der Waals surface area contributed by atoms with Gasteiger partial charge >= 0.3 is 0 Å². The van der Waals surface area contributed by atoms with Crippen LogP contribution in [0.2, 0.25) is 0 Å². The Bertz CT molecular complexity index is 530. The van der Waals surface area contributed by atoms with Crippen molar-refractivity contribution in [2.24, 2.45) is 0 Å². The summed E-state index contributed by atoms with van der Waals surface area (Å²) in [5.41, 5.74) is 0. The van der Waals surface area contributed by atoms with Gasteiger partial charge in [-0.25, -0.2) is 0 Å². The number of hydrogen-bond donors (Lipinski definition) is 0. The van der Waals surface area contributed by atoms with E-state index in [0.717, 1.165) is 17.4 Å². The molecule has 192 valence electrons. The lowest BCUT2D eigenvalue weighted by Crippen LogP contribution is -3.00. The summed E-state index contributed by atoms with van der Waals surface area (Å²) in [6.07, 6.45) is 38.5. The molecule has 1 aliphatic rings. The molecule has 0 amide bonds. The van der Waals surface area contributed by atoms with Crippen LogP contribution in [0.4, 0.5) is 0 Å². The van der Waals surface area contributed by atoms with Crippen LogP contribution in [-0.4, -0.2) is 34.1 Å². The molecule has 1 atom stereocenters. The number of quaternary nitrogens is 1. The maximum Gasteiger partial charge on any atom is 0.140 e. The minimum Gasteiger partial charge on any atom is -1.00 e. The van der Waals surface area contributed by atoms with Gasteiger partial charge in [0.25, 0.3) is 0 Å². The number of allylic oxidation sites excluding steroid dienone is 3. The Labute approximate surface area is 227 Å². The Morgan fingerprint density at radius 3 is 1.61 bits per heavy atom. The van der Waals surface area contributed by atoms with Gasteiger partial charge in [0.05, 0.1) is 23.1 Å². The summed E-state index contributed by atoms with van der Waals surface area (Å²) < 4.78 is 1.35. The predicted octanol–water partition coefficient (Wildman–Crippen LogP) is 6.41. The Hall–Kier alpha value is 0.0200. The van der Waals surface area contributed by atoms with Crippen molar-refractivity contribution >= 4 is 22.6 Å². The fourth-order valence-corrected chi connectivity index (χ4v) is 6.34. The maximum absolute atomic E-state index is 5.96. The van der Waals surface area contributed by atoms with Crippen molar-refractivity contribution in [2.45, 2.75) is 126 Å². The normalized spacial score (nSPS) is 17.6. The molecule has 1 rings (SSSR count). The summed E-state index contributed by atoms with van der Waals surface area (Å²) in [6, 6.07) is 0. The third-order valence-corrected chi connectivity index (χ3v) is 8.24. The van der Waals surface area contributed by atoms with Crippen molar-refractivity contribution in [3.8, 4) is 12.3 Å². The fraction of sp³-hybridized carbons (Fsp3) is 0.800. The molecule has 1 nitrogen and oxygen atoms in total. The molecule has 1 unspecified atom stereocenters. The molecular formula is C30H53ClIN. The zero-order chi connectivity index (χ0) is 23.4. The molecule has 0 aromatic rings. The van der Waals surface area contributed by atoms with Crippen molar-refractivity contribution in [1.29, 1.82) is 0 Å². The van der Waals surface area contributed by atoms with Crippen LogP contribution in [0, 0.1) is 12.3 Å². The zero-order valence-corrected chi connectivity index (χ0v) is 24.9. The second kappa shape index (κ2) is 21.3. The summed E-state index contributed by atoms with van der Waals surface area (Å²) in [5.74, 6) is 3.09. The second-order valence-corrected chi connectivity index (χ2v) is 12.4. The molecule has 0 fully saturated rings. The van der Waals surface area contributed by atoms with Crippen LogP contribution >= 0.6 is 22.6 Å². The van der Waals surface area contributed by atoms with Crippen LogP contribution in [-0.2, 0) is 0 Å².